The van der Waals surface area contributed by atoms with Crippen molar-refractivity contribution in [2.45, 2.75) is 5.75 Å². The van der Waals surface area contributed by atoms with Gasteiger partial charge in [0.25, 0.3) is 0 Å². The number of anilines is 2. The molecule has 0 saturated carbocycles. The largest absolute Gasteiger partial charge is 0.362 e. The van der Waals surface area contributed by atoms with Crippen molar-refractivity contribution >= 4 is 62.1 Å². The van der Waals surface area contributed by atoms with Crippen molar-refractivity contribution < 1.29 is 8.42 Å². The fraction of sp³-hybridized carbons (Fsp3) is 0.278. The molecule has 0 heterocycles. The molecule has 0 atom stereocenters. The van der Waals surface area contributed by atoms with Crippen molar-refractivity contribution in [2.24, 2.45) is 0 Å². The monoisotopic (exact) mass is 443 g/mol. The van der Waals surface area contributed by atoms with Gasteiger partial charge < -0.3 is 10.6 Å². The van der Waals surface area contributed by atoms with E-state index in [2.05, 4.69) is 16.7 Å². The molecular formula is C18H22ClN3O2S3. The second-order valence-electron chi connectivity index (χ2n) is 5.84. The van der Waals surface area contributed by atoms with Crippen molar-refractivity contribution in [3.05, 3.63) is 59.1 Å². The summed E-state index contributed by atoms with van der Waals surface area (Å²) < 4.78 is 24.5. The summed E-state index contributed by atoms with van der Waals surface area (Å²) in [6.45, 7) is 0.722. The normalized spacial score (nSPS) is 11.1. The molecule has 0 unspecified atom stereocenters. The number of nitrogens with zero attached hydrogens (tertiary/aromatic N) is 1. The van der Waals surface area contributed by atoms with E-state index in [0.717, 1.165) is 28.8 Å². The van der Waals surface area contributed by atoms with E-state index < -0.39 is 10.0 Å². The summed E-state index contributed by atoms with van der Waals surface area (Å²) in [6, 6.07) is 14.9. The molecule has 27 heavy (non-hydrogen) atoms. The van der Waals surface area contributed by atoms with Crippen LogP contribution >= 0.6 is 35.6 Å². The zero-order chi connectivity index (χ0) is 19.9. The Kier molecular flexibility index (Phi) is 8.22. The van der Waals surface area contributed by atoms with E-state index >= 15 is 0 Å². The molecular weight excluding hydrogens is 422 g/mol. The summed E-state index contributed by atoms with van der Waals surface area (Å²) in [5, 5.41) is 7.47. The number of sulfonamides is 1. The fourth-order valence-electron chi connectivity index (χ4n) is 2.20. The van der Waals surface area contributed by atoms with Crippen LogP contribution in [0.5, 0.6) is 0 Å². The Morgan fingerprint density at radius 1 is 1.22 bits per heavy atom. The molecule has 0 spiro atoms. The van der Waals surface area contributed by atoms with E-state index in [-0.39, 0.29) is 0 Å². The number of halogens is 1. The predicted molar refractivity (Wildman–Crippen MR) is 122 cm³/mol. The summed E-state index contributed by atoms with van der Waals surface area (Å²) in [4.78, 5) is 0. The molecule has 146 valence electrons. The Morgan fingerprint density at radius 3 is 2.67 bits per heavy atom. The van der Waals surface area contributed by atoms with Gasteiger partial charge in [-0.15, -0.1) is 0 Å². The van der Waals surface area contributed by atoms with Gasteiger partial charge in [0, 0.05) is 35.8 Å². The number of benzene rings is 2. The number of hydrogen-bond donors (Lipinski definition) is 2. The minimum absolute atomic E-state index is 0.498. The van der Waals surface area contributed by atoms with Gasteiger partial charge in [-0.05, 0) is 48.1 Å². The second kappa shape index (κ2) is 10.2. The Bertz CT molecular complexity index is 891. The molecule has 0 radical (unpaired) electrons. The van der Waals surface area contributed by atoms with Crippen LogP contribution in [0.15, 0.2) is 48.5 Å². The second-order valence-corrected chi connectivity index (χ2v) is 9.81. The van der Waals surface area contributed by atoms with Crippen LogP contribution in [0.25, 0.3) is 0 Å². The Hall–Kier alpha value is -1.48. The highest BCUT2D eigenvalue weighted by molar-refractivity contribution is 7.98. The summed E-state index contributed by atoms with van der Waals surface area (Å²) in [7, 11) is -1.79. The van der Waals surface area contributed by atoms with Crippen LogP contribution < -0.4 is 14.9 Å². The van der Waals surface area contributed by atoms with Crippen LogP contribution in [0, 0.1) is 0 Å². The maximum atomic E-state index is 11.6. The minimum Gasteiger partial charge on any atom is -0.362 e. The predicted octanol–water partition coefficient (Wildman–Crippen LogP) is 3.96. The van der Waals surface area contributed by atoms with Gasteiger partial charge in [0.05, 0.1) is 11.9 Å². The summed E-state index contributed by atoms with van der Waals surface area (Å²) in [5.41, 5.74) is 2.49. The first-order valence-corrected chi connectivity index (χ1v) is 12.0. The molecule has 0 aromatic heterocycles. The van der Waals surface area contributed by atoms with Crippen LogP contribution in [0.1, 0.15) is 5.56 Å². The van der Waals surface area contributed by atoms with E-state index in [1.165, 1.54) is 23.2 Å². The van der Waals surface area contributed by atoms with Gasteiger partial charge >= 0.3 is 0 Å². The highest BCUT2D eigenvalue weighted by Gasteiger charge is 2.12. The van der Waals surface area contributed by atoms with E-state index in [0.29, 0.717) is 10.8 Å². The Labute approximate surface area is 175 Å². The molecule has 0 aliphatic carbocycles. The molecule has 2 rings (SSSR count). The molecule has 2 aromatic carbocycles. The van der Waals surface area contributed by atoms with Crippen molar-refractivity contribution in [3.63, 3.8) is 0 Å². The Balaban J connectivity index is 1.76. The van der Waals surface area contributed by atoms with Crippen LogP contribution in [-0.4, -0.2) is 39.1 Å². The third-order valence-electron chi connectivity index (χ3n) is 3.65. The molecule has 0 aliphatic rings. The smallest absolute Gasteiger partial charge is 0.231 e. The third kappa shape index (κ3) is 7.57. The minimum atomic E-state index is -3.30. The third-order valence-corrected chi connectivity index (χ3v) is 6.37. The van der Waals surface area contributed by atoms with Crippen LogP contribution in [0.3, 0.4) is 0 Å². The maximum absolute atomic E-state index is 11.6. The number of rotatable bonds is 8. The van der Waals surface area contributed by atoms with Gasteiger partial charge in [-0.3, -0.25) is 4.31 Å². The van der Waals surface area contributed by atoms with Gasteiger partial charge in [0.1, 0.15) is 0 Å². The van der Waals surface area contributed by atoms with Crippen molar-refractivity contribution in [1.29, 1.82) is 0 Å². The van der Waals surface area contributed by atoms with E-state index in [1.54, 1.807) is 30.0 Å². The molecule has 0 saturated heterocycles. The van der Waals surface area contributed by atoms with E-state index in [1.807, 2.05) is 24.3 Å². The summed E-state index contributed by atoms with van der Waals surface area (Å²) in [5.74, 6) is 1.79. The Morgan fingerprint density at radius 2 is 1.96 bits per heavy atom. The first kappa shape index (κ1) is 21.8. The maximum Gasteiger partial charge on any atom is 0.231 e. The average Bonchev–Trinajstić information content (AvgIpc) is 2.60. The molecule has 9 heteroatoms. The van der Waals surface area contributed by atoms with Crippen LogP contribution in [0.4, 0.5) is 11.4 Å². The standard InChI is InChI=1S/C18H22ClN3O2S3/c1-22(27(2,23)24)17-8-4-7-16(12-17)21-18(25)20-9-10-26-13-14-5-3-6-15(19)11-14/h3-8,11-12H,9-10,13H2,1-2H3,(H2,20,21,25). The topological polar surface area (TPSA) is 61.4 Å². The zero-order valence-corrected chi connectivity index (χ0v) is 18.3. The average molecular weight is 444 g/mol. The zero-order valence-electron chi connectivity index (χ0n) is 15.1. The molecule has 0 fully saturated rings. The summed E-state index contributed by atoms with van der Waals surface area (Å²) in [6.07, 6.45) is 1.17. The van der Waals surface area contributed by atoms with Crippen LogP contribution in [-0.2, 0) is 15.8 Å². The lowest BCUT2D eigenvalue weighted by molar-refractivity contribution is 0.600. The highest BCUT2D eigenvalue weighted by atomic mass is 35.5. The molecule has 0 bridgehead atoms. The van der Waals surface area contributed by atoms with Crippen LogP contribution in [0.2, 0.25) is 5.02 Å². The van der Waals surface area contributed by atoms with Gasteiger partial charge in [-0.1, -0.05) is 29.8 Å². The fourth-order valence-corrected chi connectivity index (χ4v) is 3.94. The molecule has 0 amide bonds. The van der Waals surface area contributed by atoms with Gasteiger partial charge in [0.15, 0.2) is 5.11 Å². The number of thioether (sulfide) groups is 1. The molecule has 0 aliphatic heterocycles. The van der Waals surface area contributed by atoms with E-state index in [9.17, 15) is 8.42 Å². The number of nitrogens with one attached hydrogen (secondary N) is 2. The molecule has 2 N–H and O–H groups in total. The first-order chi connectivity index (χ1) is 12.8. The SMILES string of the molecule is CN(c1cccc(NC(=S)NCCSCc2cccc(Cl)c2)c1)S(C)(=O)=O. The molecule has 5 nitrogen and oxygen atoms in total. The number of thiocarbonyl (C=S) groups is 1. The van der Waals surface area contributed by atoms with Crippen molar-refractivity contribution in [2.75, 3.05) is 35.2 Å². The quantitative estimate of drug-likeness (QED) is 0.475. The van der Waals surface area contributed by atoms with Gasteiger partial charge in [-0.25, -0.2) is 8.42 Å². The lowest BCUT2D eigenvalue weighted by Gasteiger charge is -2.18. The number of hydrogen-bond acceptors (Lipinski definition) is 4. The first-order valence-electron chi connectivity index (χ1n) is 8.17. The van der Waals surface area contributed by atoms with Crippen molar-refractivity contribution in [3.8, 4) is 0 Å². The summed E-state index contributed by atoms with van der Waals surface area (Å²) >= 11 is 13.1. The van der Waals surface area contributed by atoms with Crippen molar-refractivity contribution in [1.82, 2.24) is 5.32 Å². The lowest BCUT2D eigenvalue weighted by atomic mass is 10.2. The van der Waals surface area contributed by atoms with Gasteiger partial charge in [0.2, 0.25) is 10.0 Å². The molecule has 2 aromatic rings. The van der Waals surface area contributed by atoms with Gasteiger partial charge in [-0.2, -0.15) is 11.8 Å². The highest BCUT2D eigenvalue weighted by Crippen LogP contribution is 2.20. The lowest BCUT2D eigenvalue weighted by Crippen LogP contribution is -2.30. The van der Waals surface area contributed by atoms with E-state index in [4.69, 9.17) is 23.8 Å².